The highest BCUT2D eigenvalue weighted by Gasteiger charge is 2.37. The van der Waals surface area contributed by atoms with Crippen LogP contribution in [-0.4, -0.2) is 29.3 Å². The largest absolute Gasteiger partial charge is 0.398 e. The lowest BCUT2D eigenvalue weighted by Crippen LogP contribution is -2.45. The molecule has 4 N–H and O–H groups in total. The first-order valence-corrected chi connectivity index (χ1v) is 8.27. The topological polar surface area (TPSA) is 89.4 Å². The van der Waals surface area contributed by atoms with Gasteiger partial charge in [0.15, 0.2) is 0 Å². The van der Waals surface area contributed by atoms with Crippen molar-refractivity contribution in [1.82, 2.24) is 4.90 Å². The summed E-state index contributed by atoms with van der Waals surface area (Å²) in [5.74, 6) is -0.490. The van der Waals surface area contributed by atoms with Gasteiger partial charge in [0.1, 0.15) is 6.04 Å². The molecule has 0 aliphatic carbocycles. The number of carbonyl (C=O) groups excluding carboxylic acids is 2. The minimum Gasteiger partial charge on any atom is -0.398 e. The molecule has 1 aromatic rings. The van der Waals surface area contributed by atoms with Crippen molar-refractivity contribution >= 4 is 49.4 Å². The first kappa shape index (κ1) is 16.3. The van der Waals surface area contributed by atoms with E-state index in [-0.39, 0.29) is 11.8 Å². The number of nitrogens with zero attached hydrogens (tertiary/aromatic N) is 1. The van der Waals surface area contributed by atoms with Crippen LogP contribution >= 0.6 is 31.9 Å². The van der Waals surface area contributed by atoms with Gasteiger partial charge in [0.25, 0.3) is 0 Å². The Bertz CT molecular complexity index is 592. The molecule has 0 bridgehead atoms. The van der Waals surface area contributed by atoms with E-state index in [2.05, 4.69) is 31.9 Å². The third kappa shape index (κ3) is 3.23. The van der Waals surface area contributed by atoms with Crippen molar-refractivity contribution in [3.63, 3.8) is 0 Å². The molecular formula is C14H17Br2N3O2. The lowest BCUT2D eigenvalue weighted by molar-refractivity contribution is -0.136. The lowest BCUT2D eigenvalue weighted by atomic mass is 9.98. The predicted octanol–water partition coefficient (Wildman–Crippen LogP) is 2.37. The number of likely N-dealkylation sites (tertiary alicyclic amines) is 1. The average molecular weight is 419 g/mol. The third-order valence-corrected chi connectivity index (χ3v) is 5.18. The van der Waals surface area contributed by atoms with Gasteiger partial charge in [-0.25, -0.2) is 0 Å². The van der Waals surface area contributed by atoms with Crippen LogP contribution in [0.15, 0.2) is 21.1 Å². The highest BCUT2D eigenvalue weighted by atomic mass is 79.9. The highest BCUT2D eigenvalue weighted by molar-refractivity contribution is 9.11. The van der Waals surface area contributed by atoms with E-state index in [1.807, 2.05) is 19.1 Å². The molecule has 21 heavy (non-hydrogen) atoms. The molecule has 0 radical (unpaired) electrons. The van der Waals surface area contributed by atoms with E-state index in [4.69, 9.17) is 11.5 Å². The highest BCUT2D eigenvalue weighted by Crippen LogP contribution is 2.37. The van der Waals surface area contributed by atoms with E-state index < -0.39 is 11.9 Å². The maximum absolute atomic E-state index is 12.2. The monoisotopic (exact) mass is 417 g/mol. The Hall–Kier alpha value is -1.08. The molecule has 1 fully saturated rings. The standard InChI is InChI=1S/C14H17Br2N3O2/c1-2-12(14(18)21)19-6-7(3-13(19)20)8-4-11(17)10(16)5-9(8)15/h4-5,7,12H,2-3,6,17H2,1H3,(H2,18,21). The van der Waals surface area contributed by atoms with E-state index in [1.54, 1.807) is 4.90 Å². The molecule has 1 heterocycles. The van der Waals surface area contributed by atoms with Crippen LogP contribution in [-0.2, 0) is 9.59 Å². The zero-order valence-electron chi connectivity index (χ0n) is 11.6. The normalized spacial score (nSPS) is 19.9. The fraction of sp³-hybridized carbons (Fsp3) is 0.429. The van der Waals surface area contributed by atoms with Crippen molar-refractivity contribution < 1.29 is 9.59 Å². The number of halogens is 2. The van der Waals surface area contributed by atoms with Crippen LogP contribution in [0.25, 0.3) is 0 Å². The number of hydrogen-bond acceptors (Lipinski definition) is 3. The average Bonchev–Trinajstić information content (AvgIpc) is 2.76. The summed E-state index contributed by atoms with van der Waals surface area (Å²) in [4.78, 5) is 25.2. The summed E-state index contributed by atoms with van der Waals surface area (Å²) in [7, 11) is 0. The van der Waals surface area contributed by atoms with E-state index in [0.717, 1.165) is 14.5 Å². The van der Waals surface area contributed by atoms with E-state index >= 15 is 0 Å². The molecule has 0 aromatic heterocycles. The van der Waals surface area contributed by atoms with Gasteiger partial charge in [-0.2, -0.15) is 0 Å². The molecule has 2 atom stereocenters. The van der Waals surface area contributed by atoms with Gasteiger partial charge < -0.3 is 16.4 Å². The minimum atomic E-state index is -0.533. The Morgan fingerprint density at radius 2 is 2.10 bits per heavy atom. The van der Waals surface area contributed by atoms with Crippen LogP contribution in [0.3, 0.4) is 0 Å². The number of nitrogen functional groups attached to an aromatic ring is 1. The molecule has 7 heteroatoms. The molecule has 2 amide bonds. The van der Waals surface area contributed by atoms with E-state index in [9.17, 15) is 9.59 Å². The Labute approximate surface area is 140 Å². The first-order chi connectivity index (χ1) is 9.85. The molecule has 5 nitrogen and oxygen atoms in total. The number of anilines is 1. The summed E-state index contributed by atoms with van der Waals surface area (Å²) >= 11 is 6.88. The van der Waals surface area contributed by atoms with Crippen molar-refractivity contribution in [2.45, 2.75) is 31.7 Å². The third-order valence-electron chi connectivity index (χ3n) is 3.81. The Morgan fingerprint density at radius 3 is 2.67 bits per heavy atom. The van der Waals surface area contributed by atoms with Crippen molar-refractivity contribution in [3.05, 3.63) is 26.6 Å². The summed E-state index contributed by atoms with van der Waals surface area (Å²) in [5, 5.41) is 0. The smallest absolute Gasteiger partial charge is 0.240 e. The molecule has 1 saturated heterocycles. The van der Waals surface area contributed by atoms with Gasteiger partial charge in [-0.15, -0.1) is 0 Å². The number of amides is 2. The first-order valence-electron chi connectivity index (χ1n) is 6.68. The van der Waals surface area contributed by atoms with Crippen molar-refractivity contribution in [2.24, 2.45) is 5.73 Å². The number of nitrogens with two attached hydrogens (primary N) is 2. The summed E-state index contributed by atoms with van der Waals surface area (Å²) < 4.78 is 1.71. The number of carbonyl (C=O) groups is 2. The Morgan fingerprint density at radius 1 is 1.43 bits per heavy atom. The second-order valence-electron chi connectivity index (χ2n) is 5.17. The molecule has 114 valence electrons. The number of benzene rings is 1. The zero-order chi connectivity index (χ0) is 15.7. The zero-order valence-corrected chi connectivity index (χ0v) is 14.8. The second-order valence-corrected chi connectivity index (χ2v) is 6.88. The second kappa shape index (κ2) is 6.36. The SMILES string of the molecule is CCC(C(N)=O)N1CC(c2cc(N)c(Br)cc2Br)CC1=O. The Balaban J connectivity index is 2.27. The summed E-state index contributed by atoms with van der Waals surface area (Å²) in [6, 6.07) is 3.21. The van der Waals surface area contributed by atoms with Gasteiger partial charge in [0.05, 0.1) is 0 Å². The molecular weight excluding hydrogens is 402 g/mol. The van der Waals surface area contributed by atoms with Crippen LogP contribution < -0.4 is 11.5 Å². The van der Waals surface area contributed by atoms with Crippen molar-refractivity contribution in [3.8, 4) is 0 Å². The van der Waals surface area contributed by atoms with Gasteiger partial charge in [0.2, 0.25) is 11.8 Å². The van der Waals surface area contributed by atoms with Crippen molar-refractivity contribution in [1.29, 1.82) is 0 Å². The Kier molecular flexibility index (Phi) is 4.93. The van der Waals surface area contributed by atoms with Gasteiger partial charge in [-0.05, 0) is 40.0 Å². The van der Waals surface area contributed by atoms with Crippen LogP contribution in [0, 0.1) is 0 Å². The summed E-state index contributed by atoms with van der Waals surface area (Å²) in [6.45, 7) is 2.34. The fourth-order valence-corrected chi connectivity index (χ4v) is 4.03. The fourth-order valence-electron chi connectivity index (χ4n) is 2.71. The van der Waals surface area contributed by atoms with E-state index in [1.165, 1.54) is 0 Å². The van der Waals surface area contributed by atoms with Gasteiger partial charge in [-0.3, -0.25) is 9.59 Å². The lowest BCUT2D eigenvalue weighted by Gasteiger charge is -2.24. The van der Waals surface area contributed by atoms with Gasteiger partial charge in [0, 0.05) is 33.5 Å². The molecule has 2 unspecified atom stereocenters. The molecule has 2 rings (SSSR count). The molecule has 0 spiro atoms. The number of rotatable bonds is 4. The summed E-state index contributed by atoms with van der Waals surface area (Å²) in [6.07, 6.45) is 0.890. The maximum Gasteiger partial charge on any atom is 0.240 e. The predicted molar refractivity (Wildman–Crippen MR) is 88.6 cm³/mol. The molecule has 1 aliphatic rings. The van der Waals surface area contributed by atoms with Crippen LogP contribution in [0.2, 0.25) is 0 Å². The quantitative estimate of drug-likeness (QED) is 0.735. The maximum atomic E-state index is 12.2. The molecule has 1 aliphatic heterocycles. The number of hydrogen-bond donors (Lipinski definition) is 2. The summed E-state index contributed by atoms with van der Waals surface area (Å²) in [5.41, 5.74) is 12.9. The van der Waals surface area contributed by atoms with Crippen LogP contribution in [0.4, 0.5) is 5.69 Å². The van der Waals surface area contributed by atoms with Crippen LogP contribution in [0.1, 0.15) is 31.2 Å². The van der Waals surface area contributed by atoms with Gasteiger partial charge in [-0.1, -0.05) is 22.9 Å². The number of primary amides is 1. The van der Waals surface area contributed by atoms with Crippen molar-refractivity contribution in [2.75, 3.05) is 12.3 Å². The minimum absolute atomic E-state index is 0.00988. The molecule has 1 aromatic carbocycles. The van der Waals surface area contributed by atoms with E-state index in [0.29, 0.717) is 25.1 Å². The van der Waals surface area contributed by atoms with Crippen LogP contribution in [0.5, 0.6) is 0 Å². The molecule has 0 saturated carbocycles. The van der Waals surface area contributed by atoms with Gasteiger partial charge >= 0.3 is 0 Å².